The van der Waals surface area contributed by atoms with Crippen LogP contribution in [0.3, 0.4) is 0 Å². The number of nitrogens with zero attached hydrogens (tertiary/aromatic N) is 2. The Morgan fingerprint density at radius 1 is 1.58 bits per heavy atom. The molecule has 0 bridgehead atoms. The highest BCUT2D eigenvalue weighted by Crippen LogP contribution is 2.25. The fourth-order valence-electron chi connectivity index (χ4n) is 1.51. The molecule has 0 aliphatic heterocycles. The predicted octanol–water partition coefficient (Wildman–Crippen LogP) is 0.256. The molecular weight excluding hydrogens is 256 g/mol. The fourth-order valence-corrected chi connectivity index (χ4v) is 1.51. The lowest BCUT2D eigenvalue weighted by molar-refractivity contribution is -0.385. The summed E-state index contributed by atoms with van der Waals surface area (Å²) >= 11 is 0. The minimum absolute atomic E-state index is 0.102. The maximum atomic E-state index is 11.0. The van der Waals surface area contributed by atoms with Crippen LogP contribution >= 0.6 is 0 Å². The molecular formula is C11H14N2O6. The third-order valence-corrected chi connectivity index (χ3v) is 2.61. The van der Waals surface area contributed by atoms with E-state index in [0.29, 0.717) is 5.69 Å². The summed E-state index contributed by atoms with van der Waals surface area (Å²) in [6.45, 7) is 1.53. The number of esters is 1. The normalized spacial score (nSPS) is 13.7. The largest absolute Gasteiger partial charge is 0.469 e. The summed E-state index contributed by atoms with van der Waals surface area (Å²) in [5.41, 5.74) is 0.137. The van der Waals surface area contributed by atoms with E-state index in [4.69, 9.17) is 0 Å². The Kier molecular flexibility index (Phi) is 4.90. The number of methoxy groups -OCH3 is 1. The van der Waals surface area contributed by atoms with Crippen LogP contribution in [0.15, 0.2) is 12.3 Å². The van der Waals surface area contributed by atoms with Crippen LogP contribution in [0, 0.1) is 17.0 Å². The molecule has 1 rings (SSSR count). The lowest BCUT2D eigenvalue weighted by atomic mass is 10.0. The van der Waals surface area contributed by atoms with Gasteiger partial charge in [0.2, 0.25) is 0 Å². The molecule has 1 aromatic rings. The molecule has 0 aliphatic rings. The van der Waals surface area contributed by atoms with Gasteiger partial charge in [-0.25, -0.2) is 0 Å². The van der Waals surface area contributed by atoms with Gasteiger partial charge in [0.05, 0.1) is 24.6 Å². The summed E-state index contributed by atoms with van der Waals surface area (Å²) in [6.07, 6.45) is -2.24. The van der Waals surface area contributed by atoms with Gasteiger partial charge in [-0.1, -0.05) is 0 Å². The number of carbonyl (C=O) groups is 1. The zero-order valence-electron chi connectivity index (χ0n) is 10.4. The number of aliphatic hydroxyl groups excluding tert-OH is 2. The first-order valence-electron chi connectivity index (χ1n) is 5.40. The van der Waals surface area contributed by atoms with Crippen molar-refractivity contribution in [1.82, 2.24) is 4.98 Å². The van der Waals surface area contributed by atoms with Gasteiger partial charge in [0.15, 0.2) is 0 Å². The quantitative estimate of drug-likeness (QED) is 0.446. The van der Waals surface area contributed by atoms with Crippen molar-refractivity contribution in [2.24, 2.45) is 0 Å². The highest BCUT2D eigenvalue weighted by molar-refractivity contribution is 5.69. The van der Waals surface area contributed by atoms with Crippen LogP contribution in [0.25, 0.3) is 0 Å². The molecule has 0 fully saturated rings. The van der Waals surface area contributed by atoms with Crippen molar-refractivity contribution >= 4 is 11.7 Å². The Balaban J connectivity index is 2.97. The molecule has 0 spiro atoms. The first-order valence-corrected chi connectivity index (χ1v) is 5.40. The second-order valence-electron chi connectivity index (χ2n) is 3.92. The van der Waals surface area contributed by atoms with Crippen LogP contribution in [-0.2, 0) is 9.53 Å². The molecule has 2 unspecified atom stereocenters. The molecule has 19 heavy (non-hydrogen) atoms. The Morgan fingerprint density at radius 2 is 2.21 bits per heavy atom. The van der Waals surface area contributed by atoms with Crippen LogP contribution in [0.1, 0.15) is 23.8 Å². The monoisotopic (exact) mass is 270 g/mol. The Hall–Kier alpha value is -2.06. The number of carbonyl (C=O) groups excluding carboxylic acids is 1. The minimum atomic E-state index is -1.45. The summed E-state index contributed by atoms with van der Waals surface area (Å²) in [6, 6.07) is 1.12. The van der Waals surface area contributed by atoms with Gasteiger partial charge in [0.25, 0.3) is 5.69 Å². The third-order valence-electron chi connectivity index (χ3n) is 2.61. The second-order valence-corrected chi connectivity index (χ2v) is 3.92. The number of aryl methyl sites for hydroxylation is 1. The highest BCUT2D eigenvalue weighted by Gasteiger charge is 2.25. The molecule has 0 saturated heterocycles. The van der Waals surface area contributed by atoms with Gasteiger partial charge in [-0.3, -0.25) is 19.9 Å². The number of hydrogen-bond donors (Lipinski definition) is 2. The SMILES string of the molecule is COC(=O)CC(O)C(O)c1cc([N+](=O)[O-])cnc1C. The topological polar surface area (TPSA) is 123 Å². The Labute approximate surface area is 108 Å². The molecule has 0 radical (unpaired) electrons. The lowest BCUT2D eigenvalue weighted by Crippen LogP contribution is -2.23. The van der Waals surface area contributed by atoms with Crippen molar-refractivity contribution in [3.8, 4) is 0 Å². The van der Waals surface area contributed by atoms with Gasteiger partial charge in [-0.15, -0.1) is 0 Å². The molecule has 1 heterocycles. The van der Waals surface area contributed by atoms with Crippen molar-refractivity contribution in [1.29, 1.82) is 0 Å². The van der Waals surface area contributed by atoms with Crippen LogP contribution in [0.2, 0.25) is 0 Å². The maximum absolute atomic E-state index is 11.0. The zero-order valence-corrected chi connectivity index (χ0v) is 10.4. The van der Waals surface area contributed by atoms with Crippen LogP contribution in [0.5, 0.6) is 0 Å². The Bertz CT molecular complexity index is 490. The molecule has 104 valence electrons. The molecule has 2 N–H and O–H groups in total. The summed E-state index contributed by atoms with van der Waals surface area (Å²) in [4.78, 5) is 24.7. The summed E-state index contributed by atoms with van der Waals surface area (Å²) < 4.78 is 4.37. The Morgan fingerprint density at radius 3 is 2.74 bits per heavy atom. The molecule has 8 heteroatoms. The number of pyridine rings is 1. The third kappa shape index (κ3) is 3.70. The molecule has 0 amide bonds. The average molecular weight is 270 g/mol. The number of rotatable bonds is 5. The van der Waals surface area contributed by atoms with Gasteiger partial charge >= 0.3 is 5.97 Å². The average Bonchev–Trinajstić information content (AvgIpc) is 2.37. The molecule has 1 aromatic heterocycles. The second kappa shape index (κ2) is 6.21. The van der Waals surface area contributed by atoms with Gasteiger partial charge < -0.3 is 14.9 Å². The van der Waals surface area contributed by atoms with E-state index in [9.17, 15) is 25.1 Å². The van der Waals surface area contributed by atoms with Crippen LogP contribution in [-0.4, -0.2) is 39.3 Å². The summed E-state index contributed by atoms with van der Waals surface area (Å²) in [7, 11) is 1.15. The van der Waals surface area contributed by atoms with E-state index in [1.807, 2.05) is 0 Å². The molecule has 2 atom stereocenters. The molecule has 8 nitrogen and oxygen atoms in total. The standard InChI is InChI=1S/C11H14N2O6/c1-6-8(3-7(5-12-6)13(17)18)11(16)9(14)4-10(15)19-2/h3,5,9,11,14,16H,4H2,1-2H3. The number of ether oxygens (including phenoxy) is 1. The van der Waals surface area contributed by atoms with Crippen LogP contribution in [0.4, 0.5) is 5.69 Å². The van der Waals surface area contributed by atoms with Crippen molar-refractivity contribution in [2.45, 2.75) is 25.6 Å². The van der Waals surface area contributed by atoms with E-state index in [-0.39, 0.29) is 11.3 Å². The van der Waals surface area contributed by atoms with Gasteiger partial charge in [0.1, 0.15) is 12.3 Å². The number of nitro groups is 1. The summed E-state index contributed by atoms with van der Waals surface area (Å²) in [5, 5.41) is 30.2. The van der Waals surface area contributed by atoms with E-state index in [0.717, 1.165) is 19.4 Å². The van der Waals surface area contributed by atoms with Crippen molar-refractivity contribution in [3.63, 3.8) is 0 Å². The maximum Gasteiger partial charge on any atom is 0.308 e. The minimum Gasteiger partial charge on any atom is -0.469 e. The van der Waals surface area contributed by atoms with Gasteiger partial charge in [-0.05, 0) is 6.92 Å². The highest BCUT2D eigenvalue weighted by atomic mass is 16.6. The lowest BCUT2D eigenvalue weighted by Gasteiger charge is -2.18. The first kappa shape index (κ1) is 15.0. The van der Waals surface area contributed by atoms with E-state index >= 15 is 0 Å². The van der Waals surface area contributed by atoms with E-state index < -0.39 is 29.5 Å². The van der Waals surface area contributed by atoms with Crippen LogP contribution < -0.4 is 0 Å². The fraction of sp³-hybridized carbons (Fsp3) is 0.455. The van der Waals surface area contributed by atoms with Gasteiger partial charge in [-0.2, -0.15) is 0 Å². The van der Waals surface area contributed by atoms with E-state index in [1.54, 1.807) is 0 Å². The van der Waals surface area contributed by atoms with Crippen molar-refractivity contribution < 1.29 is 24.7 Å². The van der Waals surface area contributed by atoms with E-state index in [2.05, 4.69) is 9.72 Å². The van der Waals surface area contributed by atoms with Crippen molar-refractivity contribution in [3.05, 3.63) is 33.6 Å². The van der Waals surface area contributed by atoms with Crippen molar-refractivity contribution in [2.75, 3.05) is 7.11 Å². The number of aliphatic hydroxyl groups is 2. The smallest absolute Gasteiger partial charge is 0.308 e. The molecule has 0 aliphatic carbocycles. The van der Waals surface area contributed by atoms with Gasteiger partial charge in [0, 0.05) is 17.3 Å². The van der Waals surface area contributed by atoms with E-state index in [1.165, 1.54) is 6.92 Å². The first-order chi connectivity index (χ1) is 8.86. The molecule has 0 aromatic carbocycles. The molecule has 0 saturated carbocycles. The zero-order chi connectivity index (χ0) is 14.6. The predicted molar refractivity (Wildman–Crippen MR) is 63.2 cm³/mol. The number of aromatic nitrogens is 1. The number of hydrogen-bond acceptors (Lipinski definition) is 7. The summed E-state index contributed by atoms with van der Waals surface area (Å²) in [5.74, 6) is -0.692.